The SMILES string of the molecule is CC.CCC.Cc1ccc(C)s1.c1ccsc1. The number of thiophene rings is 2. The van der Waals surface area contributed by atoms with E-state index in [2.05, 4.69) is 39.8 Å². The second-order valence-electron chi connectivity index (χ2n) is 3.16. The van der Waals surface area contributed by atoms with Gasteiger partial charge in [0.15, 0.2) is 0 Å². The summed E-state index contributed by atoms with van der Waals surface area (Å²) in [7, 11) is 0. The first kappa shape index (κ1) is 18.8. The molecule has 0 bridgehead atoms. The molecule has 2 aromatic rings. The minimum Gasteiger partial charge on any atom is -0.152 e. The Kier molecular flexibility index (Phi) is 17.0. The number of rotatable bonds is 0. The van der Waals surface area contributed by atoms with Crippen LogP contribution < -0.4 is 0 Å². The van der Waals surface area contributed by atoms with E-state index in [1.54, 1.807) is 11.3 Å². The molecule has 0 fully saturated rings. The van der Waals surface area contributed by atoms with Crippen LogP contribution >= 0.6 is 22.7 Å². The van der Waals surface area contributed by atoms with Gasteiger partial charge in [-0.15, -0.1) is 11.3 Å². The molecule has 2 aromatic heterocycles. The zero-order valence-corrected chi connectivity index (χ0v) is 13.6. The minimum absolute atomic E-state index is 1.25. The molecule has 0 N–H and O–H groups in total. The summed E-state index contributed by atoms with van der Waals surface area (Å²) in [4.78, 5) is 2.80. The second-order valence-corrected chi connectivity index (χ2v) is 5.47. The topological polar surface area (TPSA) is 0 Å². The average molecular weight is 271 g/mol. The van der Waals surface area contributed by atoms with E-state index in [0.29, 0.717) is 0 Å². The normalized spacial score (nSPS) is 7.65. The molecule has 0 saturated carbocycles. The first-order valence-corrected chi connectivity index (χ1v) is 7.96. The Balaban J connectivity index is 0. The van der Waals surface area contributed by atoms with E-state index in [9.17, 15) is 0 Å². The molecule has 0 radical (unpaired) electrons. The molecule has 17 heavy (non-hydrogen) atoms. The fraction of sp³-hybridized carbons (Fsp3) is 0.467. The summed E-state index contributed by atoms with van der Waals surface area (Å²) in [6.45, 7) is 12.5. The van der Waals surface area contributed by atoms with Gasteiger partial charge in [0.25, 0.3) is 0 Å². The largest absolute Gasteiger partial charge is 0.152 e. The van der Waals surface area contributed by atoms with E-state index >= 15 is 0 Å². The van der Waals surface area contributed by atoms with Crippen molar-refractivity contribution in [1.29, 1.82) is 0 Å². The van der Waals surface area contributed by atoms with Crippen molar-refractivity contribution in [3.63, 3.8) is 0 Å². The summed E-state index contributed by atoms with van der Waals surface area (Å²) >= 11 is 3.56. The van der Waals surface area contributed by atoms with Crippen molar-refractivity contribution in [2.45, 2.75) is 48.0 Å². The molecule has 0 aromatic carbocycles. The highest BCUT2D eigenvalue weighted by molar-refractivity contribution is 7.11. The summed E-state index contributed by atoms with van der Waals surface area (Å²) in [5.74, 6) is 0. The molecule has 0 saturated heterocycles. The summed E-state index contributed by atoms with van der Waals surface area (Å²) in [5, 5.41) is 4.08. The van der Waals surface area contributed by atoms with Crippen molar-refractivity contribution in [1.82, 2.24) is 0 Å². The maximum absolute atomic E-state index is 2.14. The van der Waals surface area contributed by atoms with E-state index in [1.807, 2.05) is 48.1 Å². The molecule has 0 atom stereocenters. The van der Waals surface area contributed by atoms with Crippen LogP contribution in [0.5, 0.6) is 0 Å². The lowest BCUT2D eigenvalue weighted by atomic mass is 10.5. The number of hydrogen-bond donors (Lipinski definition) is 0. The van der Waals surface area contributed by atoms with Gasteiger partial charge in [-0.1, -0.05) is 46.2 Å². The van der Waals surface area contributed by atoms with Crippen LogP contribution in [0.4, 0.5) is 0 Å². The lowest BCUT2D eigenvalue weighted by Gasteiger charge is -1.71. The van der Waals surface area contributed by atoms with Crippen LogP contribution in [-0.2, 0) is 0 Å². The lowest BCUT2D eigenvalue weighted by molar-refractivity contribution is 1.09. The van der Waals surface area contributed by atoms with E-state index in [-0.39, 0.29) is 0 Å². The standard InChI is InChI=1S/C6H8S.C4H4S.C3H8.C2H6/c1-5-3-4-6(2)7-5;1-2-4-5-3-1;1-3-2;1-2/h3-4H,1-2H3;1-4H;3H2,1-2H3;1-2H3. The van der Waals surface area contributed by atoms with Crippen LogP contribution in [0.3, 0.4) is 0 Å². The molecule has 2 heteroatoms. The zero-order valence-electron chi connectivity index (χ0n) is 12.0. The van der Waals surface area contributed by atoms with Crippen molar-refractivity contribution in [3.8, 4) is 0 Å². The highest BCUT2D eigenvalue weighted by atomic mass is 32.1. The molecule has 0 spiro atoms. The average Bonchev–Trinajstić information content (AvgIpc) is 2.97. The van der Waals surface area contributed by atoms with Gasteiger partial charge >= 0.3 is 0 Å². The first-order chi connectivity index (χ1) is 8.20. The van der Waals surface area contributed by atoms with Crippen LogP contribution in [0.2, 0.25) is 0 Å². The molecule has 0 aliphatic heterocycles. The Labute approximate surface area is 115 Å². The van der Waals surface area contributed by atoms with Gasteiger partial charge in [0, 0.05) is 9.75 Å². The Morgan fingerprint density at radius 1 is 0.882 bits per heavy atom. The van der Waals surface area contributed by atoms with E-state index in [0.717, 1.165) is 0 Å². The van der Waals surface area contributed by atoms with Gasteiger partial charge < -0.3 is 0 Å². The Morgan fingerprint density at radius 3 is 1.35 bits per heavy atom. The van der Waals surface area contributed by atoms with E-state index in [4.69, 9.17) is 0 Å². The molecule has 2 heterocycles. The van der Waals surface area contributed by atoms with Crippen LogP contribution in [0.15, 0.2) is 35.0 Å². The molecule has 0 aliphatic rings. The summed E-state index contributed by atoms with van der Waals surface area (Å²) in [6, 6.07) is 8.31. The Morgan fingerprint density at radius 2 is 1.24 bits per heavy atom. The summed E-state index contributed by atoms with van der Waals surface area (Å²) < 4.78 is 0. The maximum atomic E-state index is 2.14. The van der Waals surface area contributed by atoms with Crippen LogP contribution in [0.1, 0.15) is 43.9 Å². The second kappa shape index (κ2) is 15.4. The monoisotopic (exact) mass is 270 g/mol. The maximum Gasteiger partial charge on any atom is 0.00170 e. The minimum atomic E-state index is 1.25. The third-order valence-electron chi connectivity index (χ3n) is 1.30. The van der Waals surface area contributed by atoms with Gasteiger partial charge in [-0.05, 0) is 36.7 Å². The lowest BCUT2D eigenvalue weighted by Crippen LogP contribution is -1.44. The predicted molar refractivity (Wildman–Crippen MR) is 85.4 cm³/mol. The van der Waals surface area contributed by atoms with Crippen molar-refractivity contribution in [2.24, 2.45) is 0 Å². The first-order valence-electron chi connectivity index (χ1n) is 6.20. The molecular formula is C15H26S2. The van der Waals surface area contributed by atoms with E-state index < -0.39 is 0 Å². The fourth-order valence-corrected chi connectivity index (χ4v) is 2.02. The fourth-order valence-electron chi connectivity index (χ4n) is 0.783. The molecule has 98 valence electrons. The third-order valence-corrected chi connectivity index (χ3v) is 2.84. The van der Waals surface area contributed by atoms with Crippen LogP contribution in [0, 0.1) is 13.8 Å². The summed E-state index contributed by atoms with van der Waals surface area (Å²) in [5.41, 5.74) is 0. The van der Waals surface area contributed by atoms with Gasteiger partial charge in [0.05, 0.1) is 0 Å². The van der Waals surface area contributed by atoms with Crippen molar-refractivity contribution in [3.05, 3.63) is 44.8 Å². The van der Waals surface area contributed by atoms with Crippen LogP contribution in [0.25, 0.3) is 0 Å². The van der Waals surface area contributed by atoms with Gasteiger partial charge in [-0.25, -0.2) is 0 Å². The molecule has 0 amide bonds. The quantitative estimate of drug-likeness (QED) is 0.509. The summed E-state index contributed by atoms with van der Waals surface area (Å²) in [6.07, 6.45) is 1.25. The molecule has 0 aliphatic carbocycles. The van der Waals surface area contributed by atoms with Gasteiger partial charge in [0.1, 0.15) is 0 Å². The zero-order chi connectivity index (χ0) is 13.5. The molecule has 0 nitrogen and oxygen atoms in total. The molecule has 2 rings (SSSR count). The highest BCUT2D eigenvalue weighted by Gasteiger charge is 1.84. The van der Waals surface area contributed by atoms with Crippen molar-refractivity contribution in [2.75, 3.05) is 0 Å². The number of hydrogen-bond acceptors (Lipinski definition) is 2. The molecular weight excluding hydrogens is 244 g/mol. The van der Waals surface area contributed by atoms with E-state index in [1.165, 1.54) is 16.2 Å². The van der Waals surface area contributed by atoms with Gasteiger partial charge in [0.2, 0.25) is 0 Å². The highest BCUT2D eigenvalue weighted by Crippen LogP contribution is 2.12. The van der Waals surface area contributed by atoms with Crippen molar-refractivity contribution < 1.29 is 0 Å². The third kappa shape index (κ3) is 15.4. The van der Waals surface area contributed by atoms with Gasteiger partial charge in [-0.3, -0.25) is 0 Å². The van der Waals surface area contributed by atoms with Gasteiger partial charge in [-0.2, -0.15) is 11.3 Å². The van der Waals surface area contributed by atoms with Crippen LogP contribution in [-0.4, -0.2) is 0 Å². The van der Waals surface area contributed by atoms with Crippen molar-refractivity contribution >= 4 is 22.7 Å². The Hall–Kier alpha value is -0.600. The number of aryl methyl sites for hydroxylation is 2. The smallest absolute Gasteiger partial charge is 0.00170 e. The predicted octanol–water partition coefficient (Wildman–Crippen LogP) is 6.56. The Bertz CT molecular complexity index is 274. The molecule has 0 unspecified atom stereocenters.